The molecule has 0 fully saturated rings. The molecule has 0 radical (unpaired) electrons. The van der Waals surface area contributed by atoms with E-state index in [1.54, 1.807) is 12.1 Å². The molecule has 0 spiro atoms. The van der Waals surface area contributed by atoms with Gasteiger partial charge in [0.1, 0.15) is 18.1 Å². The lowest BCUT2D eigenvalue weighted by Gasteiger charge is -2.11. The van der Waals surface area contributed by atoms with Gasteiger partial charge < -0.3 is 9.47 Å². The summed E-state index contributed by atoms with van der Waals surface area (Å²) in [5.41, 5.74) is 5.96. The zero-order valence-corrected chi connectivity index (χ0v) is 16.3. The Morgan fingerprint density at radius 3 is 2.50 bits per heavy atom. The molecule has 1 heterocycles. The van der Waals surface area contributed by atoms with Crippen molar-refractivity contribution in [1.82, 2.24) is 0 Å². The van der Waals surface area contributed by atoms with Gasteiger partial charge in [0.2, 0.25) is 5.78 Å². The fraction of sp³-hybridized carbons (Fsp3) is 0.160. The third kappa shape index (κ3) is 3.56. The predicted octanol–water partition coefficient (Wildman–Crippen LogP) is 5.81. The van der Waals surface area contributed by atoms with Gasteiger partial charge in [-0.25, -0.2) is 0 Å². The van der Waals surface area contributed by atoms with Gasteiger partial charge >= 0.3 is 0 Å². The van der Waals surface area contributed by atoms with Crippen molar-refractivity contribution in [3.63, 3.8) is 0 Å². The van der Waals surface area contributed by atoms with E-state index in [1.165, 1.54) is 11.1 Å². The van der Waals surface area contributed by atoms with Gasteiger partial charge in [0.05, 0.1) is 5.56 Å². The maximum Gasteiger partial charge on any atom is 0.232 e. The van der Waals surface area contributed by atoms with Crippen molar-refractivity contribution in [3.05, 3.63) is 99.8 Å². The third-order valence-electron chi connectivity index (χ3n) is 4.94. The summed E-state index contributed by atoms with van der Waals surface area (Å²) in [6, 6.07) is 19.7. The number of benzene rings is 3. The summed E-state index contributed by atoms with van der Waals surface area (Å²) in [4.78, 5) is 12.8. The largest absolute Gasteiger partial charge is 0.489 e. The van der Waals surface area contributed by atoms with E-state index in [0.29, 0.717) is 29.4 Å². The zero-order chi connectivity index (χ0) is 19.7. The van der Waals surface area contributed by atoms with E-state index < -0.39 is 0 Å². The van der Waals surface area contributed by atoms with Gasteiger partial charge in [-0.3, -0.25) is 4.79 Å². The van der Waals surface area contributed by atoms with E-state index in [9.17, 15) is 4.79 Å². The Labute approximate surface area is 165 Å². The monoisotopic (exact) mass is 370 g/mol. The first-order valence-electron chi connectivity index (χ1n) is 9.34. The molecule has 28 heavy (non-hydrogen) atoms. The number of carbonyl (C=O) groups is 1. The second-order valence-electron chi connectivity index (χ2n) is 7.18. The summed E-state index contributed by atoms with van der Waals surface area (Å²) < 4.78 is 11.9. The summed E-state index contributed by atoms with van der Waals surface area (Å²) >= 11 is 0. The van der Waals surface area contributed by atoms with E-state index >= 15 is 0 Å². The molecule has 3 aromatic carbocycles. The molecule has 0 saturated carbocycles. The number of aryl methyl sites for hydroxylation is 3. The smallest absolute Gasteiger partial charge is 0.232 e. The zero-order valence-electron chi connectivity index (χ0n) is 16.3. The molecule has 0 aromatic heterocycles. The van der Waals surface area contributed by atoms with Gasteiger partial charge in [0.25, 0.3) is 0 Å². The summed E-state index contributed by atoms with van der Waals surface area (Å²) in [6.07, 6.45) is 1.78. The molecule has 140 valence electrons. The fourth-order valence-electron chi connectivity index (χ4n) is 3.38. The lowest BCUT2D eigenvalue weighted by molar-refractivity contribution is 0.101. The molecule has 3 aromatic rings. The van der Waals surface area contributed by atoms with E-state index in [0.717, 1.165) is 16.7 Å². The molecule has 0 unspecified atom stereocenters. The third-order valence-corrected chi connectivity index (χ3v) is 4.94. The van der Waals surface area contributed by atoms with E-state index in [1.807, 2.05) is 43.3 Å². The Kier molecular flexibility index (Phi) is 4.74. The lowest BCUT2D eigenvalue weighted by Crippen LogP contribution is -2.00. The van der Waals surface area contributed by atoms with Crippen LogP contribution in [0.25, 0.3) is 6.08 Å². The minimum atomic E-state index is -0.0857. The van der Waals surface area contributed by atoms with Gasteiger partial charge in [0, 0.05) is 6.07 Å². The highest BCUT2D eigenvalue weighted by molar-refractivity contribution is 6.15. The number of ketones is 1. The average molecular weight is 370 g/mol. The number of hydrogen-bond acceptors (Lipinski definition) is 3. The normalized spacial score (nSPS) is 14.1. The molecule has 3 nitrogen and oxygen atoms in total. The molecule has 3 heteroatoms. The van der Waals surface area contributed by atoms with Crippen LogP contribution in [0, 0.1) is 20.8 Å². The van der Waals surface area contributed by atoms with Crippen molar-refractivity contribution >= 4 is 11.9 Å². The minimum Gasteiger partial charge on any atom is -0.489 e. The van der Waals surface area contributed by atoms with Crippen molar-refractivity contribution in [3.8, 4) is 11.5 Å². The molecule has 4 rings (SSSR count). The van der Waals surface area contributed by atoms with Gasteiger partial charge in [-0.1, -0.05) is 54.1 Å². The first-order chi connectivity index (χ1) is 13.5. The Morgan fingerprint density at radius 2 is 1.71 bits per heavy atom. The Morgan fingerprint density at radius 1 is 0.929 bits per heavy atom. The highest BCUT2D eigenvalue weighted by Crippen LogP contribution is 2.37. The molecule has 1 aliphatic heterocycles. The van der Waals surface area contributed by atoms with Crippen LogP contribution in [-0.2, 0) is 6.61 Å². The van der Waals surface area contributed by atoms with Crippen LogP contribution in [0.5, 0.6) is 11.5 Å². The van der Waals surface area contributed by atoms with Crippen LogP contribution in [0.1, 0.15) is 38.2 Å². The SMILES string of the molecule is Cc1ccc(C)c(COc2cc(C)c3c(c2)O/C(=C\c2ccccc2)C3=O)c1. The number of fused-ring (bicyclic) bond motifs is 1. The molecule has 0 atom stereocenters. The number of ether oxygens (including phenoxy) is 2. The second-order valence-corrected chi connectivity index (χ2v) is 7.18. The van der Waals surface area contributed by atoms with Crippen molar-refractivity contribution in [1.29, 1.82) is 0 Å². The summed E-state index contributed by atoms with van der Waals surface area (Å²) in [5, 5.41) is 0. The quantitative estimate of drug-likeness (QED) is 0.544. The Hall–Kier alpha value is -3.33. The fourth-order valence-corrected chi connectivity index (χ4v) is 3.38. The van der Waals surface area contributed by atoms with E-state index in [4.69, 9.17) is 9.47 Å². The van der Waals surface area contributed by atoms with Crippen LogP contribution in [-0.4, -0.2) is 5.78 Å². The first kappa shape index (κ1) is 18.1. The maximum absolute atomic E-state index is 12.8. The molecule has 0 saturated heterocycles. The first-order valence-corrected chi connectivity index (χ1v) is 9.34. The van der Waals surface area contributed by atoms with Crippen LogP contribution in [0.15, 0.2) is 66.4 Å². The Balaban J connectivity index is 1.58. The summed E-state index contributed by atoms with van der Waals surface area (Å²) in [5.74, 6) is 1.52. The van der Waals surface area contributed by atoms with E-state index in [-0.39, 0.29) is 5.78 Å². The predicted molar refractivity (Wildman–Crippen MR) is 111 cm³/mol. The van der Waals surface area contributed by atoms with Crippen LogP contribution >= 0.6 is 0 Å². The summed E-state index contributed by atoms with van der Waals surface area (Å²) in [7, 11) is 0. The summed E-state index contributed by atoms with van der Waals surface area (Å²) in [6.45, 7) is 6.54. The van der Waals surface area contributed by atoms with Crippen LogP contribution < -0.4 is 9.47 Å². The second kappa shape index (κ2) is 7.35. The van der Waals surface area contributed by atoms with Crippen molar-refractivity contribution in [2.24, 2.45) is 0 Å². The average Bonchev–Trinajstić information content (AvgIpc) is 2.99. The van der Waals surface area contributed by atoms with Gasteiger partial charge in [0.15, 0.2) is 5.76 Å². The molecule has 0 bridgehead atoms. The van der Waals surface area contributed by atoms with Gasteiger partial charge in [-0.15, -0.1) is 0 Å². The lowest BCUT2D eigenvalue weighted by atomic mass is 10.0. The highest BCUT2D eigenvalue weighted by atomic mass is 16.5. The van der Waals surface area contributed by atoms with E-state index in [2.05, 4.69) is 32.0 Å². The molecular formula is C25H22O3. The molecule has 0 N–H and O–H groups in total. The van der Waals surface area contributed by atoms with Crippen molar-refractivity contribution in [2.75, 3.05) is 0 Å². The highest BCUT2D eigenvalue weighted by Gasteiger charge is 2.30. The number of carbonyl (C=O) groups excluding carboxylic acids is 1. The number of Topliss-reactive ketones (excluding diaryl/α,β-unsaturated/α-hetero) is 1. The van der Waals surface area contributed by atoms with Crippen molar-refractivity contribution in [2.45, 2.75) is 27.4 Å². The number of hydrogen-bond donors (Lipinski definition) is 0. The van der Waals surface area contributed by atoms with Crippen molar-refractivity contribution < 1.29 is 14.3 Å². The number of rotatable bonds is 4. The molecular weight excluding hydrogens is 348 g/mol. The Bertz CT molecular complexity index is 1080. The number of allylic oxidation sites excluding steroid dienone is 1. The maximum atomic E-state index is 12.8. The molecule has 0 amide bonds. The molecule has 1 aliphatic rings. The standard InChI is InChI=1S/C25H22O3/c1-16-9-10-17(2)20(11-16)15-27-21-12-18(3)24-22(14-21)28-23(25(24)26)13-19-7-5-4-6-8-19/h4-14H,15H2,1-3H3/b23-13-. The topological polar surface area (TPSA) is 35.5 Å². The van der Waals surface area contributed by atoms with Crippen LogP contribution in [0.3, 0.4) is 0 Å². The van der Waals surface area contributed by atoms with Gasteiger partial charge in [-0.2, -0.15) is 0 Å². The van der Waals surface area contributed by atoms with Gasteiger partial charge in [-0.05, 0) is 55.2 Å². The minimum absolute atomic E-state index is 0.0857. The van der Waals surface area contributed by atoms with Crippen LogP contribution in [0.2, 0.25) is 0 Å². The molecule has 0 aliphatic carbocycles. The van der Waals surface area contributed by atoms with Crippen LogP contribution in [0.4, 0.5) is 0 Å².